The lowest BCUT2D eigenvalue weighted by atomic mass is 10.1. The molecule has 3 rings (SSSR count). The first-order chi connectivity index (χ1) is 9.13. The molecule has 4 nitrogen and oxygen atoms in total. The van der Waals surface area contributed by atoms with Crippen molar-refractivity contribution in [1.29, 1.82) is 0 Å². The fourth-order valence-electron chi connectivity index (χ4n) is 2.39. The number of furan rings is 1. The van der Waals surface area contributed by atoms with Gasteiger partial charge in [-0.15, -0.1) is 0 Å². The van der Waals surface area contributed by atoms with Crippen molar-refractivity contribution in [1.82, 2.24) is 0 Å². The smallest absolute Gasteiger partial charge is 0.231 e. The summed E-state index contributed by atoms with van der Waals surface area (Å²) in [7, 11) is 0. The van der Waals surface area contributed by atoms with Crippen LogP contribution in [0.25, 0.3) is 0 Å². The van der Waals surface area contributed by atoms with Crippen LogP contribution in [-0.4, -0.2) is 6.79 Å². The largest absolute Gasteiger partial charge is 0.466 e. The molecule has 0 saturated carbocycles. The summed E-state index contributed by atoms with van der Waals surface area (Å²) in [6.07, 6.45) is 0. The number of hydrogen-bond acceptors (Lipinski definition) is 4. The van der Waals surface area contributed by atoms with Crippen molar-refractivity contribution in [2.45, 2.75) is 26.8 Å². The predicted octanol–water partition coefficient (Wildman–Crippen LogP) is 3.80. The molecule has 0 fully saturated rings. The molecule has 1 atom stereocenters. The molecule has 19 heavy (non-hydrogen) atoms. The topological polar surface area (TPSA) is 43.6 Å². The van der Waals surface area contributed by atoms with Gasteiger partial charge in [-0.1, -0.05) is 0 Å². The van der Waals surface area contributed by atoms with E-state index >= 15 is 0 Å². The van der Waals surface area contributed by atoms with E-state index in [1.54, 1.807) is 0 Å². The predicted molar refractivity (Wildman–Crippen MR) is 72.8 cm³/mol. The van der Waals surface area contributed by atoms with Gasteiger partial charge in [-0.3, -0.25) is 0 Å². The van der Waals surface area contributed by atoms with Gasteiger partial charge in [0.05, 0.1) is 6.04 Å². The lowest BCUT2D eigenvalue weighted by molar-refractivity contribution is 0.174. The molecule has 0 aliphatic carbocycles. The number of rotatable bonds is 3. The van der Waals surface area contributed by atoms with Crippen LogP contribution in [0.5, 0.6) is 11.5 Å². The van der Waals surface area contributed by atoms with Gasteiger partial charge in [-0.25, -0.2) is 0 Å². The SMILES string of the molecule is Cc1cc(C(C)Nc2ccc3c(c2)OCO3)c(C)o1. The summed E-state index contributed by atoms with van der Waals surface area (Å²) in [6, 6.07) is 8.12. The summed E-state index contributed by atoms with van der Waals surface area (Å²) in [5.74, 6) is 3.48. The van der Waals surface area contributed by atoms with E-state index in [0.717, 1.165) is 28.7 Å². The quantitative estimate of drug-likeness (QED) is 0.910. The summed E-state index contributed by atoms with van der Waals surface area (Å²) in [6.45, 7) is 6.36. The van der Waals surface area contributed by atoms with E-state index in [-0.39, 0.29) is 6.04 Å². The van der Waals surface area contributed by atoms with Crippen molar-refractivity contribution in [3.05, 3.63) is 41.3 Å². The monoisotopic (exact) mass is 259 g/mol. The molecular weight excluding hydrogens is 242 g/mol. The molecular formula is C15H17NO3. The first-order valence-corrected chi connectivity index (χ1v) is 6.36. The Bertz CT molecular complexity index is 603. The van der Waals surface area contributed by atoms with Gasteiger partial charge in [0, 0.05) is 17.3 Å². The maximum absolute atomic E-state index is 5.56. The Labute approximate surface area is 112 Å². The molecule has 2 heterocycles. The van der Waals surface area contributed by atoms with Crippen molar-refractivity contribution in [2.24, 2.45) is 0 Å². The Morgan fingerprint density at radius 2 is 1.89 bits per heavy atom. The van der Waals surface area contributed by atoms with E-state index in [1.807, 2.05) is 32.0 Å². The van der Waals surface area contributed by atoms with E-state index in [2.05, 4.69) is 18.3 Å². The van der Waals surface area contributed by atoms with E-state index in [9.17, 15) is 0 Å². The maximum Gasteiger partial charge on any atom is 0.231 e. The number of fused-ring (bicyclic) bond motifs is 1. The third-order valence-electron chi connectivity index (χ3n) is 3.30. The van der Waals surface area contributed by atoms with Crippen molar-refractivity contribution >= 4 is 5.69 Å². The lowest BCUT2D eigenvalue weighted by Crippen LogP contribution is -2.06. The van der Waals surface area contributed by atoms with Crippen LogP contribution in [0.4, 0.5) is 5.69 Å². The van der Waals surface area contributed by atoms with Crippen molar-refractivity contribution < 1.29 is 13.9 Å². The van der Waals surface area contributed by atoms with Crippen molar-refractivity contribution in [3.63, 3.8) is 0 Å². The third-order valence-corrected chi connectivity index (χ3v) is 3.30. The van der Waals surface area contributed by atoms with Gasteiger partial charge in [-0.05, 0) is 39.0 Å². The summed E-state index contributed by atoms with van der Waals surface area (Å²) in [5, 5.41) is 3.45. The zero-order chi connectivity index (χ0) is 13.4. The zero-order valence-electron chi connectivity index (χ0n) is 11.3. The number of benzene rings is 1. The molecule has 1 aromatic carbocycles. The van der Waals surface area contributed by atoms with Crippen molar-refractivity contribution in [3.8, 4) is 11.5 Å². The van der Waals surface area contributed by atoms with Crippen LogP contribution in [0.1, 0.15) is 30.0 Å². The fraction of sp³-hybridized carbons (Fsp3) is 0.333. The second-order valence-electron chi connectivity index (χ2n) is 4.80. The van der Waals surface area contributed by atoms with Crippen LogP contribution in [0.15, 0.2) is 28.7 Å². The van der Waals surface area contributed by atoms with Crippen LogP contribution < -0.4 is 14.8 Å². The Morgan fingerprint density at radius 1 is 1.11 bits per heavy atom. The highest BCUT2D eigenvalue weighted by atomic mass is 16.7. The van der Waals surface area contributed by atoms with Gasteiger partial charge in [-0.2, -0.15) is 0 Å². The fourth-order valence-corrected chi connectivity index (χ4v) is 2.39. The Balaban J connectivity index is 1.79. The maximum atomic E-state index is 5.56. The third kappa shape index (κ3) is 2.26. The van der Waals surface area contributed by atoms with Gasteiger partial charge < -0.3 is 19.2 Å². The summed E-state index contributed by atoms with van der Waals surface area (Å²) >= 11 is 0. The summed E-state index contributed by atoms with van der Waals surface area (Å²) in [4.78, 5) is 0. The molecule has 1 aliphatic rings. The van der Waals surface area contributed by atoms with Gasteiger partial charge >= 0.3 is 0 Å². The van der Waals surface area contributed by atoms with Crippen LogP contribution >= 0.6 is 0 Å². The molecule has 1 unspecified atom stereocenters. The van der Waals surface area contributed by atoms with Gasteiger partial charge in [0.25, 0.3) is 0 Å². The van der Waals surface area contributed by atoms with Gasteiger partial charge in [0.15, 0.2) is 11.5 Å². The molecule has 1 aromatic heterocycles. The number of ether oxygens (including phenoxy) is 2. The molecule has 2 aromatic rings. The molecule has 0 saturated heterocycles. The molecule has 0 radical (unpaired) electrons. The minimum absolute atomic E-state index is 0.179. The van der Waals surface area contributed by atoms with Gasteiger partial charge in [0.2, 0.25) is 6.79 Å². The van der Waals surface area contributed by atoms with E-state index < -0.39 is 0 Å². The highest BCUT2D eigenvalue weighted by Gasteiger charge is 2.16. The molecule has 1 N–H and O–H groups in total. The summed E-state index contributed by atoms with van der Waals surface area (Å²) in [5.41, 5.74) is 2.19. The number of aryl methyl sites for hydroxylation is 2. The van der Waals surface area contributed by atoms with Crippen LogP contribution in [0.3, 0.4) is 0 Å². The van der Waals surface area contributed by atoms with Gasteiger partial charge in [0.1, 0.15) is 11.5 Å². The van der Waals surface area contributed by atoms with Crippen molar-refractivity contribution in [2.75, 3.05) is 12.1 Å². The minimum atomic E-state index is 0.179. The highest BCUT2D eigenvalue weighted by molar-refractivity contribution is 5.56. The second kappa shape index (κ2) is 4.53. The number of nitrogens with one attached hydrogen (secondary N) is 1. The Hall–Kier alpha value is -2.10. The molecule has 0 spiro atoms. The van der Waals surface area contributed by atoms with Crippen LogP contribution in [0, 0.1) is 13.8 Å². The lowest BCUT2D eigenvalue weighted by Gasteiger charge is -2.15. The van der Waals surface area contributed by atoms with Crippen LogP contribution in [0.2, 0.25) is 0 Å². The Kier molecular flexibility index (Phi) is 2.85. The number of hydrogen-bond donors (Lipinski definition) is 1. The minimum Gasteiger partial charge on any atom is -0.466 e. The summed E-state index contributed by atoms with van der Waals surface area (Å²) < 4.78 is 16.2. The standard InChI is InChI=1S/C15H17NO3/c1-9-6-13(11(3)19-9)10(2)16-12-4-5-14-15(7-12)18-8-17-14/h4-7,10,16H,8H2,1-3H3. The number of anilines is 1. The first-order valence-electron chi connectivity index (χ1n) is 6.36. The highest BCUT2D eigenvalue weighted by Crippen LogP contribution is 2.35. The molecule has 0 amide bonds. The second-order valence-corrected chi connectivity index (χ2v) is 4.80. The van der Waals surface area contributed by atoms with E-state index in [4.69, 9.17) is 13.9 Å². The average Bonchev–Trinajstić information content (AvgIpc) is 2.94. The first kappa shape index (κ1) is 12.0. The van der Waals surface area contributed by atoms with E-state index in [1.165, 1.54) is 5.56 Å². The molecule has 1 aliphatic heterocycles. The van der Waals surface area contributed by atoms with Crippen LogP contribution in [-0.2, 0) is 0 Å². The Morgan fingerprint density at radius 3 is 2.63 bits per heavy atom. The molecule has 100 valence electrons. The van der Waals surface area contributed by atoms with E-state index in [0.29, 0.717) is 6.79 Å². The zero-order valence-corrected chi connectivity index (χ0v) is 11.3. The average molecular weight is 259 g/mol. The normalized spacial score (nSPS) is 14.5. The molecule has 0 bridgehead atoms. The molecule has 4 heteroatoms.